The van der Waals surface area contributed by atoms with Gasteiger partial charge < -0.3 is 10.2 Å². The molecular formula is C26H22N4O4. The number of hydrogen-bond donors (Lipinski definition) is 1. The van der Waals surface area contributed by atoms with Gasteiger partial charge in [-0.05, 0) is 42.8 Å². The maximum atomic E-state index is 13.7. The molecule has 3 aliphatic heterocycles. The lowest BCUT2D eigenvalue weighted by Crippen LogP contribution is -2.58. The Bertz CT molecular complexity index is 1280. The third-order valence-electron chi connectivity index (χ3n) is 6.32. The minimum absolute atomic E-state index is 0.200. The Labute approximate surface area is 196 Å². The van der Waals surface area contributed by atoms with Crippen LogP contribution in [0.15, 0.2) is 89.6 Å². The molecule has 0 bridgehead atoms. The predicted octanol–water partition coefficient (Wildman–Crippen LogP) is 3.05. The highest BCUT2D eigenvalue weighted by Gasteiger charge is 2.62. The van der Waals surface area contributed by atoms with Crippen LogP contribution in [0.2, 0.25) is 0 Å². The Kier molecular flexibility index (Phi) is 5.20. The van der Waals surface area contributed by atoms with E-state index in [4.69, 9.17) is 0 Å². The van der Waals surface area contributed by atoms with Gasteiger partial charge in [-0.1, -0.05) is 42.5 Å². The SMILES string of the molecule is CC1=CN2C(=NC(=O)[C@]2(CC(=O)Nc2ccccc2)[C@H]2CC(=O)N(c3ccccc3)C2=O)C=C1. The van der Waals surface area contributed by atoms with Gasteiger partial charge in [-0.2, -0.15) is 4.99 Å². The zero-order chi connectivity index (χ0) is 23.9. The van der Waals surface area contributed by atoms with Gasteiger partial charge in [0.25, 0.3) is 5.91 Å². The van der Waals surface area contributed by atoms with E-state index in [1.807, 2.05) is 13.0 Å². The van der Waals surface area contributed by atoms with Crippen LogP contribution in [-0.4, -0.2) is 39.9 Å². The Morgan fingerprint density at radius 1 is 1.03 bits per heavy atom. The first-order chi connectivity index (χ1) is 16.4. The van der Waals surface area contributed by atoms with E-state index in [0.717, 1.165) is 10.5 Å². The number of benzene rings is 2. The first-order valence-corrected chi connectivity index (χ1v) is 11.0. The molecule has 0 saturated carbocycles. The van der Waals surface area contributed by atoms with E-state index in [0.29, 0.717) is 17.2 Å². The molecule has 0 unspecified atom stereocenters. The van der Waals surface area contributed by atoms with Crippen LogP contribution >= 0.6 is 0 Å². The fourth-order valence-corrected chi connectivity index (χ4v) is 4.74. The number of nitrogens with zero attached hydrogens (tertiary/aromatic N) is 3. The molecule has 0 spiro atoms. The number of fused-ring (bicyclic) bond motifs is 1. The fourth-order valence-electron chi connectivity index (χ4n) is 4.74. The maximum Gasteiger partial charge on any atom is 0.275 e. The molecule has 0 aliphatic carbocycles. The minimum atomic E-state index is -1.64. The summed E-state index contributed by atoms with van der Waals surface area (Å²) in [6.45, 7) is 1.85. The van der Waals surface area contributed by atoms with Crippen molar-refractivity contribution in [2.24, 2.45) is 10.9 Å². The first kappa shape index (κ1) is 21.5. The van der Waals surface area contributed by atoms with Crippen molar-refractivity contribution < 1.29 is 19.2 Å². The molecule has 2 aromatic rings. The van der Waals surface area contributed by atoms with Crippen LogP contribution in [0, 0.1) is 5.92 Å². The van der Waals surface area contributed by atoms with E-state index in [1.54, 1.807) is 77.8 Å². The van der Waals surface area contributed by atoms with Gasteiger partial charge in [0.1, 0.15) is 11.4 Å². The monoisotopic (exact) mass is 454 g/mol. The molecule has 4 amide bonds. The van der Waals surface area contributed by atoms with Gasteiger partial charge in [0.05, 0.1) is 18.0 Å². The highest BCUT2D eigenvalue weighted by Crippen LogP contribution is 2.44. The predicted molar refractivity (Wildman–Crippen MR) is 127 cm³/mol. The fraction of sp³-hybridized carbons (Fsp3) is 0.192. The zero-order valence-electron chi connectivity index (χ0n) is 18.5. The van der Waals surface area contributed by atoms with Crippen LogP contribution in [-0.2, 0) is 19.2 Å². The molecule has 8 heteroatoms. The van der Waals surface area contributed by atoms with E-state index in [-0.39, 0.29) is 12.8 Å². The average molecular weight is 454 g/mol. The topological polar surface area (TPSA) is 99.2 Å². The molecule has 3 heterocycles. The highest BCUT2D eigenvalue weighted by atomic mass is 16.2. The molecule has 0 aromatic heterocycles. The molecule has 170 valence electrons. The summed E-state index contributed by atoms with van der Waals surface area (Å²) in [4.78, 5) is 60.2. The number of carbonyl (C=O) groups is 4. The minimum Gasteiger partial charge on any atom is -0.326 e. The van der Waals surface area contributed by atoms with Crippen molar-refractivity contribution in [2.75, 3.05) is 10.2 Å². The molecule has 1 N–H and O–H groups in total. The third-order valence-corrected chi connectivity index (χ3v) is 6.32. The van der Waals surface area contributed by atoms with Crippen molar-refractivity contribution in [3.63, 3.8) is 0 Å². The molecule has 1 saturated heterocycles. The number of carbonyl (C=O) groups excluding carboxylic acids is 4. The third kappa shape index (κ3) is 3.44. The van der Waals surface area contributed by atoms with Gasteiger partial charge in [-0.3, -0.25) is 24.1 Å². The second kappa shape index (κ2) is 8.22. The second-order valence-electron chi connectivity index (χ2n) is 8.53. The quantitative estimate of drug-likeness (QED) is 0.700. The number of anilines is 2. The molecule has 2 aromatic carbocycles. The number of allylic oxidation sites excluding steroid dienone is 2. The van der Waals surface area contributed by atoms with Crippen molar-refractivity contribution in [3.05, 3.63) is 84.6 Å². The van der Waals surface area contributed by atoms with Crippen molar-refractivity contribution in [2.45, 2.75) is 25.3 Å². The first-order valence-electron chi connectivity index (χ1n) is 11.0. The number of nitrogens with one attached hydrogen (secondary N) is 1. The Hall–Kier alpha value is -4.33. The van der Waals surface area contributed by atoms with Gasteiger partial charge in [-0.25, -0.2) is 0 Å². The molecule has 1 fully saturated rings. The lowest BCUT2D eigenvalue weighted by atomic mass is 9.77. The van der Waals surface area contributed by atoms with Crippen LogP contribution < -0.4 is 10.2 Å². The molecule has 8 nitrogen and oxygen atoms in total. The van der Waals surface area contributed by atoms with E-state index >= 15 is 0 Å². The van der Waals surface area contributed by atoms with E-state index in [2.05, 4.69) is 10.3 Å². The summed E-state index contributed by atoms with van der Waals surface area (Å²) in [5, 5.41) is 2.80. The number of para-hydroxylation sites is 2. The number of amides is 4. The highest BCUT2D eigenvalue weighted by molar-refractivity contribution is 6.25. The molecule has 5 rings (SSSR count). The Balaban J connectivity index is 1.55. The van der Waals surface area contributed by atoms with Crippen LogP contribution in [0.25, 0.3) is 0 Å². The molecule has 0 radical (unpaired) electrons. The Morgan fingerprint density at radius 2 is 1.71 bits per heavy atom. The van der Waals surface area contributed by atoms with Gasteiger partial charge in [0.2, 0.25) is 17.7 Å². The Morgan fingerprint density at radius 3 is 2.41 bits per heavy atom. The van der Waals surface area contributed by atoms with Gasteiger partial charge >= 0.3 is 0 Å². The summed E-state index contributed by atoms with van der Waals surface area (Å²) in [6, 6.07) is 17.4. The molecule has 3 aliphatic rings. The van der Waals surface area contributed by atoms with Gasteiger partial charge in [0, 0.05) is 18.3 Å². The largest absolute Gasteiger partial charge is 0.326 e. The molecular weight excluding hydrogens is 432 g/mol. The summed E-state index contributed by atoms with van der Waals surface area (Å²) in [5.41, 5.74) is 0.189. The number of amidine groups is 1. The van der Waals surface area contributed by atoms with Crippen LogP contribution in [0.3, 0.4) is 0 Å². The van der Waals surface area contributed by atoms with E-state index in [9.17, 15) is 19.2 Å². The molecule has 34 heavy (non-hydrogen) atoms. The van der Waals surface area contributed by atoms with Crippen molar-refractivity contribution in [1.29, 1.82) is 0 Å². The van der Waals surface area contributed by atoms with Crippen LogP contribution in [0.1, 0.15) is 19.8 Å². The summed E-state index contributed by atoms with van der Waals surface area (Å²) >= 11 is 0. The normalized spacial score (nSPS) is 23.7. The zero-order valence-corrected chi connectivity index (χ0v) is 18.5. The van der Waals surface area contributed by atoms with Gasteiger partial charge in [0.15, 0.2) is 0 Å². The summed E-state index contributed by atoms with van der Waals surface area (Å²) in [7, 11) is 0. The number of aliphatic imine (C=N–C) groups is 1. The second-order valence-corrected chi connectivity index (χ2v) is 8.53. The van der Waals surface area contributed by atoms with Crippen molar-refractivity contribution >= 4 is 40.8 Å². The lowest BCUT2D eigenvalue weighted by molar-refractivity contribution is -0.137. The molecule has 2 atom stereocenters. The van der Waals surface area contributed by atoms with E-state index < -0.39 is 35.1 Å². The summed E-state index contributed by atoms with van der Waals surface area (Å²) in [5.74, 6) is -2.72. The number of imide groups is 1. The number of hydrogen-bond acceptors (Lipinski definition) is 5. The summed E-state index contributed by atoms with van der Waals surface area (Å²) < 4.78 is 0. The van der Waals surface area contributed by atoms with Crippen molar-refractivity contribution in [3.8, 4) is 0 Å². The standard InChI is InChI=1S/C26H22N4O4/c1-17-12-13-21-28-25(34)26(29(21)16-17,15-22(31)27-18-8-4-2-5-9-18)20-14-23(32)30(24(20)33)19-10-6-3-7-11-19/h2-13,16,20H,14-15H2,1H3,(H,27,31)/t20-,26-/m0/s1. The lowest BCUT2D eigenvalue weighted by Gasteiger charge is -2.39. The van der Waals surface area contributed by atoms with Crippen LogP contribution in [0.5, 0.6) is 0 Å². The maximum absolute atomic E-state index is 13.7. The summed E-state index contributed by atoms with van der Waals surface area (Å²) in [6.07, 6.45) is 4.66. The van der Waals surface area contributed by atoms with Crippen LogP contribution in [0.4, 0.5) is 11.4 Å². The smallest absolute Gasteiger partial charge is 0.275 e. The average Bonchev–Trinajstić information content (AvgIpc) is 3.27. The van der Waals surface area contributed by atoms with Gasteiger partial charge in [-0.15, -0.1) is 0 Å². The number of rotatable bonds is 5. The van der Waals surface area contributed by atoms with E-state index in [1.165, 1.54) is 0 Å². The van der Waals surface area contributed by atoms with Crippen molar-refractivity contribution in [1.82, 2.24) is 4.90 Å².